The van der Waals surface area contributed by atoms with Gasteiger partial charge < -0.3 is 10.6 Å². The van der Waals surface area contributed by atoms with Crippen LogP contribution in [0.1, 0.15) is 31.2 Å². The molecule has 1 aliphatic carbocycles. The van der Waals surface area contributed by atoms with E-state index in [0.29, 0.717) is 16.8 Å². The van der Waals surface area contributed by atoms with E-state index in [2.05, 4.69) is 43.4 Å². The lowest BCUT2D eigenvalue weighted by Crippen LogP contribution is -2.60. The summed E-state index contributed by atoms with van der Waals surface area (Å²) in [5, 5.41) is 6.93. The number of hydrogen-bond acceptors (Lipinski definition) is 5. The zero-order valence-corrected chi connectivity index (χ0v) is 16.3. The lowest BCUT2D eigenvalue weighted by molar-refractivity contribution is 0.271. The Morgan fingerprint density at radius 3 is 2.44 bits per heavy atom. The summed E-state index contributed by atoms with van der Waals surface area (Å²) in [6.07, 6.45) is 8.39. The summed E-state index contributed by atoms with van der Waals surface area (Å²) in [6, 6.07) is 4.26. The number of nitrogens with one attached hydrogen (secondary N) is 6. The van der Waals surface area contributed by atoms with E-state index in [1.165, 1.54) is 18.4 Å². The molecular formula is C16H27N7S2. The lowest BCUT2D eigenvalue weighted by atomic mass is 9.73. The van der Waals surface area contributed by atoms with Gasteiger partial charge in [-0.05, 0) is 48.9 Å². The Hall–Kier alpha value is -1.55. The van der Waals surface area contributed by atoms with Gasteiger partial charge in [0.1, 0.15) is 0 Å². The highest BCUT2D eigenvalue weighted by atomic mass is 32.1. The van der Waals surface area contributed by atoms with Gasteiger partial charge in [-0.25, -0.2) is 10.9 Å². The van der Waals surface area contributed by atoms with Crippen molar-refractivity contribution in [3.8, 4) is 0 Å². The molecule has 1 heterocycles. The first-order valence-electron chi connectivity index (χ1n) is 8.46. The van der Waals surface area contributed by atoms with Crippen molar-refractivity contribution in [2.45, 2.75) is 37.1 Å². The number of nitrogens with zero attached hydrogens (tertiary/aromatic N) is 1. The summed E-state index contributed by atoms with van der Waals surface area (Å²) in [4.78, 5) is 4.34. The largest absolute Gasteiger partial charge is 0.365 e. The molecule has 0 amide bonds. The fraction of sp³-hybridized carbons (Fsp3) is 0.562. The fourth-order valence-electron chi connectivity index (χ4n) is 3.40. The predicted molar refractivity (Wildman–Crippen MR) is 109 cm³/mol. The average Bonchev–Trinajstić information content (AvgIpc) is 3.15. The van der Waals surface area contributed by atoms with Crippen LogP contribution in [-0.2, 0) is 5.41 Å². The Morgan fingerprint density at radius 1 is 1.16 bits per heavy atom. The van der Waals surface area contributed by atoms with Crippen LogP contribution in [0.15, 0.2) is 24.5 Å². The molecule has 0 bridgehead atoms. The van der Waals surface area contributed by atoms with E-state index in [9.17, 15) is 0 Å². The minimum atomic E-state index is -0.0133. The molecule has 9 heteroatoms. The summed E-state index contributed by atoms with van der Waals surface area (Å²) in [5.41, 5.74) is 13.9. The molecule has 7 nitrogen and oxygen atoms in total. The van der Waals surface area contributed by atoms with Crippen LogP contribution < -0.4 is 32.3 Å². The molecule has 2 rings (SSSR count). The zero-order valence-electron chi connectivity index (χ0n) is 14.7. The van der Waals surface area contributed by atoms with Gasteiger partial charge in [0.25, 0.3) is 0 Å². The molecule has 1 atom stereocenters. The smallest absolute Gasteiger partial charge is 0.180 e. The summed E-state index contributed by atoms with van der Waals surface area (Å²) < 4.78 is 0. The first kappa shape index (κ1) is 19.8. The third-order valence-corrected chi connectivity index (χ3v) is 5.33. The van der Waals surface area contributed by atoms with Crippen LogP contribution in [-0.4, -0.2) is 41.9 Å². The van der Waals surface area contributed by atoms with E-state index in [4.69, 9.17) is 24.4 Å². The third-order valence-electron chi connectivity index (χ3n) is 4.72. The standard InChI is InChI=1S/C16H27N7S2/c1-17-14(24)22-20-11-13(21-23-15(25)18-2)16(7-3-4-8-16)12-6-5-9-19-10-12/h5-6,9-10,13,20-21H,3-4,7-8,11H2,1-2H3,(H2,17,22,24)(H2,18,23,25). The van der Waals surface area contributed by atoms with E-state index in [-0.39, 0.29) is 11.5 Å². The van der Waals surface area contributed by atoms with E-state index in [0.717, 1.165) is 12.8 Å². The maximum atomic E-state index is 5.21. The highest BCUT2D eigenvalue weighted by molar-refractivity contribution is 7.80. The van der Waals surface area contributed by atoms with Gasteiger partial charge in [-0.15, -0.1) is 0 Å². The second-order valence-electron chi connectivity index (χ2n) is 6.09. The quantitative estimate of drug-likeness (QED) is 0.298. The molecule has 25 heavy (non-hydrogen) atoms. The second-order valence-corrected chi connectivity index (χ2v) is 6.91. The second kappa shape index (κ2) is 9.81. The molecule has 1 aliphatic rings. The summed E-state index contributed by atoms with van der Waals surface area (Å²) in [6.45, 7) is 0.663. The minimum Gasteiger partial charge on any atom is -0.365 e. The maximum Gasteiger partial charge on any atom is 0.180 e. The number of hydrogen-bond donors (Lipinski definition) is 6. The molecule has 1 fully saturated rings. The first-order chi connectivity index (χ1) is 12.1. The van der Waals surface area contributed by atoms with Crippen molar-refractivity contribution < 1.29 is 0 Å². The summed E-state index contributed by atoms with van der Waals surface area (Å²) >= 11 is 10.3. The fourth-order valence-corrected chi connectivity index (χ4v) is 3.53. The van der Waals surface area contributed by atoms with Crippen molar-refractivity contribution >= 4 is 34.7 Å². The molecule has 1 unspecified atom stereocenters. The average molecular weight is 382 g/mol. The molecule has 1 saturated carbocycles. The van der Waals surface area contributed by atoms with Crippen LogP contribution in [0.25, 0.3) is 0 Å². The normalized spacial score (nSPS) is 16.7. The summed E-state index contributed by atoms with van der Waals surface area (Å²) in [5.74, 6) is 0. The molecule has 0 aliphatic heterocycles. The van der Waals surface area contributed by atoms with Crippen LogP contribution in [0, 0.1) is 0 Å². The highest BCUT2D eigenvalue weighted by Crippen LogP contribution is 2.43. The molecular weight excluding hydrogens is 354 g/mol. The Balaban J connectivity index is 2.17. The monoisotopic (exact) mass is 381 g/mol. The number of thiocarbonyl (C=S) groups is 2. The van der Waals surface area contributed by atoms with E-state index >= 15 is 0 Å². The van der Waals surface area contributed by atoms with Crippen molar-refractivity contribution in [2.24, 2.45) is 0 Å². The van der Waals surface area contributed by atoms with Crippen LogP contribution >= 0.6 is 24.4 Å². The maximum absolute atomic E-state index is 5.21. The molecule has 0 aromatic carbocycles. The van der Waals surface area contributed by atoms with Gasteiger partial charge in [0, 0.05) is 38.4 Å². The van der Waals surface area contributed by atoms with E-state index in [1.807, 2.05) is 18.5 Å². The van der Waals surface area contributed by atoms with Crippen LogP contribution in [0.2, 0.25) is 0 Å². The molecule has 1 aromatic heterocycles. The van der Waals surface area contributed by atoms with Gasteiger partial charge in [0.05, 0.1) is 6.04 Å². The molecule has 138 valence electrons. The third kappa shape index (κ3) is 5.21. The highest BCUT2D eigenvalue weighted by Gasteiger charge is 2.43. The number of hydrazine groups is 2. The Labute approximate surface area is 160 Å². The van der Waals surface area contributed by atoms with E-state index < -0.39 is 0 Å². The Bertz CT molecular complexity index is 561. The first-order valence-corrected chi connectivity index (χ1v) is 9.28. The Morgan fingerprint density at radius 2 is 1.84 bits per heavy atom. The van der Waals surface area contributed by atoms with Crippen molar-refractivity contribution in [1.29, 1.82) is 0 Å². The van der Waals surface area contributed by atoms with Gasteiger partial charge in [-0.2, -0.15) is 0 Å². The molecule has 6 N–H and O–H groups in total. The van der Waals surface area contributed by atoms with Gasteiger partial charge in [-0.1, -0.05) is 18.9 Å². The Kier molecular flexibility index (Phi) is 7.76. The minimum absolute atomic E-state index is 0.0133. The molecule has 0 saturated heterocycles. The van der Waals surface area contributed by atoms with Crippen molar-refractivity contribution in [2.75, 3.05) is 20.6 Å². The number of aromatic nitrogens is 1. The SMILES string of the molecule is CNC(=S)NNCC(NNC(=S)NC)C1(c2cccnc2)CCCC1. The number of pyridine rings is 1. The molecule has 1 aromatic rings. The predicted octanol–water partition coefficient (Wildman–Crippen LogP) is 0.459. The van der Waals surface area contributed by atoms with Gasteiger partial charge in [0.15, 0.2) is 10.2 Å². The molecule has 0 spiro atoms. The van der Waals surface area contributed by atoms with Crippen molar-refractivity contribution in [3.63, 3.8) is 0 Å². The van der Waals surface area contributed by atoms with E-state index in [1.54, 1.807) is 14.1 Å². The summed E-state index contributed by atoms with van der Waals surface area (Å²) in [7, 11) is 3.58. The van der Waals surface area contributed by atoms with Crippen LogP contribution in [0.4, 0.5) is 0 Å². The number of rotatable bonds is 7. The zero-order chi connectivity index (χ0) is 18.1. The lowest BCUT2D eigenvalue weighted by Gasteiger charge is -2.39. The van der Waals surface area contributed by atoms with Crippen LogP contribution in [0.3, 0.4) is 0 Å². The van der Waals surface area contributed by atoms with Gasteiger partial charge in [0.2, 0.25) is 0 Å². The van der Waals surface area contributed by atoms with Gasteiger partial charge >= 0.3 is 0 Å². The van der Waals surface area contributed by atoms with Gasteiger partial charge in [-0.3, -0.25) is 15.8 Å². The van der Waals surface area contributed by atoms with Crippen molar-refractivity contribution in [3.05, 3.63) is 30.1 Å². The van der Waals surface area contributed by atoms with Crippen LogP contribution in [0.5, 0.6) is 0 Å². The van der Waals surface area contributed by atoms with Crippen molar-refractivity contribution in [1.82, 2.24) is 37.3 Å². The molecule has 0 radical (unpaired) electrons. The topological polar surface area (TPSA) is 85.1 Å².